The molecule has 0 saturated carbocycles. The molecule has 152 valence electrons. The number of rotatable bonds is 9. The lowest BCUT2D eigenvalue weighted by atomic mass is 9.96. The standard InChI is InChI=1S/C21H27NO5S/c1-21(24,14-17-4-9-18(27-2)10-5-17)15-22-20(23)13-8-16-6-11-19(12-7-16)28(3,25)26/h4-7,9-12,24H,8,13-15H2,1-3H3,(H,22,23)/t21-/m0/s1. The Labute approximate surface area is 166 Å². The van der Waals surface area contributed by atoms with Crippen LogP contribution in [0.5, 0.6) is 5.75 Å². The van der Waals surface area contributed by atoms with Gasteiger partial charge in [-0.3, -0.25) is 4.79 Å². The fourth-order valence-electron chi connectivity index (χ4n) is 2.78. The smallest absolute Gasteiger partial charge is 0.220 e. The van der Waals surface area contributed by atoms with Crippen LogP contribution in [-0.2, 0) is 27.5 Å². The summed E-state index contributed by atoms with van der Waals surface area (Å²) in [6.07, 6.45) is 2.32. The number of nitrogens with one attached hydrogen (secondary N) is 1. The van der Waals surface area contributed by atoms with Gasteiger partial charge in [0.1, 0.15) is 5.75 Å². The molecule has 0 unspecified atom stereocenters. The molecule has 1 amide bonds. The number of aliphatic hydroxyl groups is 1. The number of ether oxygens (including phenoxy) is 1. The van der Waals surface area contributed by atoms with Gasteiger partial charge in [0, 0.05) is 25.6 Å². The van der Waals surface area contributed by atoms with Gasteiger partial charge in [0.05, 0.1) is 17.6 Å². The monoisotopic (exact) mass is 405 g/mol. The Kier molecular flexibility index (Phi) is 7.21. The first-order valence-electron chi connectivity index (χ1n) is 9.00. The van der Waals surface area contributed by atoms with Crippen LogP contribution in [0, 0.1) is 0 Å². The van der Waals surface area contributed by atoms with Crippen molar-refractivity contribution in [2.24, 2.45) is 0 Å². The minimum atomic E-state index is -3.22. The van der Waals surface area contributed by atoms with Crippen LogP contribution in [-0.4, -0.2) is 44.9 Å². The van der Waals surface area contributed by atoms with Gasteiger partial charge in [-0.2, -0.15) is 0 Å². The molecule has 7 heteroatoms. The minimum absolute atomic E-state index is 0.144. The average molecular weight is 406 g/mol. The third kappa shape index (κ3) is 6.98. The van der Waals surface area contributed by atoms with Crippen LogP contribution in [0.3, 0.4) is 0 Å². The lowest BCUT2D eigenvalue weighted by molar-refractivity contribution is -0.122. The number of carbonyl (C=O) groups is 1. The summed E-state index contributed by atoms with van der Waals surface area (Å²) in [5, 5.41) is 13.3. The number of aryl methyl sites for hydroxylation is 1. The molecule has 2 aromatic carbocycles. The van der Waals surface area contributed by atoms with Gasteiger partial charge in [0.2, 0.25) is 5.91 Å². The van der Waals surface area contributed by atoms with Crippen molar-refractivity contribution < 1.29 is 23.1 Å². The van der Waals surface area contributed by atoms with Gasteiger partial charge in [0.15, 0.2) is 9.84 Å². The number of hydrogen-bond donors (Lipinski definition) is 2. The van der Waals surface area contributed by atoms with Gasteiger partial charge in [-0.1, -0.05) is 24.3 Å². The van der Waals surface area contributed by atoms with Gasteiger partial charge < -0.3 is 15.2 Å². The molecule has 0 radical (unpaired) electrons. The predicted molar refractivity (Wildman–Crippen MR) is 108 cm³/mol. The van der Waals surface area contributed by atoms with E-state index in [2.05, 4.69) is 5.32 Å². The molecule has 0 aliphatic carbocycles. The second-order valence-corrected chi connectivity index (χ2v) is 9.23. The molecule has 0 aliphatic heterocycles. The van der Waals surface area contributed by atoms with Crippen LogP contribution < -0.4 is 10.1 Å². The number of methoxy groups -OCH3 is 1. The first-order chi connectivity index (χ1) is 13.1. The highest BCUT2D eigenvalue weighted by Crippen LogP contribution is 2.17. The fourth-order valence-corrected chi connectivity index (χ4v) is 3.41. The largest absolute Gasteiger partial charge is 0.497 e. The SMILES string of the molecule is COc1ccc(C[C@](C)(O)CNC(=O)CCc2ccc(S(C)(=O)=O)cc2)cc1. The lowest BCUT2D eigenvalue weighted by Gasteiger charge is -2.24. The Morgan fingerprint density at radius 3 is 2.18 bits per heavy atom. The number of carbonyl (C=O) groups excluding carboxylic acids is 1. The van der Waals surface area contributed by atoms with Gasteiger partial charge in [0.25, 0.3) is 0 Å². The molecule has 0 bridgehead atoms. The topological polar surface area (TPSA) is 92.7 Å². The van der Waals surface area contributed by atoms with E-state index in [-0.39, 0.29) is 23.8 Å². The Balaban J connectivity index is 1.80. The molecule has 2 rings (SSSR count). The quantitative estimate of drug-likeness (QED) is 0.667. The Morgan fingerprint density at radius 1 is 1.07 bits per heavy atom. The van der Waals surface area contributed by atoms with Crippen LogP contribution in [0.1, 0.15) is 24.5 Å². The van der Waals surface area contributed by atoms with Gasteiger partial charge in [-0.25, -0.2) is 8.42 Å². The molecule has 2 aromatic rings. The summed E-state index contributed by atoms with van der Waals surface area (Å²) in [4.78, 5) is 12.4. The molecule has 28 heavy (non-hydrogen) atoms. The molecule has 0 fully saturated rings. The average Bonchev–Trinajstić information content (AvgIpc) is 2.65. The van der Waals surface area contributed by atoms with Crippen molar-refractivity contribution >= 4 is 15.7 Å². The van der Waals surface area contributed by atoms with E-state index in [1.807, 2.05) is 24.3 Å². The van der Waals surface area contributed by atoms with E-state index in [1.54, 1.807) is 38.3 Å². The minimum Gasteiger partial charge on any atom is -0.497 e. The Hall–Kier alpha value is -2.38. The van der Waals surface area contributed by atoms with Crippen molar-refractivity contribution in [3.8, 4) is 5.75 Å². The van der Waals surface area contributed by atoms with Crippen molar-refractivity contribution in [1.29, 1.82) is 0 Å². The van der Waals surface area contributed by atoms with Gasteiger partial charge >= 0.3 is 0 Å². The molecule has 6 nitrogen and oxygen atoms in total. The maximum absolute atomic E-state index is 12.1. The molecule has 0 aliphatic rings. The summed E-state index contributed by atoms with van der Waals surface area (Å²) < 4.78 is 28.0. The number of amides is 1. The van der Waals surface area contributed by atoms with E-state index in [1.165, 1.54) is 0 Å². The van der Waals surface area contributed by atoms with E-state index < -0.39 is 15.4 Å². The zero-order chi connectivity index (χ0) is 20.8. The first kappa shape index (κ1) is 21.9. The summed E-state index contributed by atoms with van der Waals surface area (Å²) >= 11 is 0. The summed E-state index contributed by atoms with van der Waals surface area (Å²) in [5.41, 5.74) is 0.764. The molecule has 0 heterocycles. The van der Waals surface area contributed by atoms with Crippen LogP contribution in [0.4, 0.5) is 0 Å². The summed E-state index contributed by atoms with van der Waals surface area (Å²) in [5.74, 6) is 0.587. The predicted octanol–water partition coefficient (Wildman–Crippen LogP) is 2.14. The first-order valence-corrected chi connectivity index (χ1v) is 10.9. The number of benzene rings is 2. The maximum Gasteiger partial charge on any atom is 0.220 e. The highest BCUT2D eigenvalue weighted by molar-refractivity contribution is 7.90. The van der Waals surface area contributed by atoms with E-state index in [0.717, 1.165) is 23.1 Å². The summed E-state index contributed by atoms with van der Waals surface area (Å²) in [6.45, 7) is 1.83. The summed E-state index contributed by atoms with van der Waals surface area (Å²) in [7, 11) is -1.62. The molecular formula is C21H27NO5S. The Morgan fingerprint density at radius 2 is 1.64 bits per heavy atom. The highest BCUT2D eigenvalue weighted by Gasteiger charge is 2.22. The third-order valence-electron chi connectivity index (χ3n) is 4.40. The molecular weight excluding hydrogens is 378 g/mol. The second-order valence-electron chi connectivity index (χ2n) is 7.21. The summed E-state index contributed by atoms with van der Waals surface area (Å²) in [6, 6.07) is 13.9. The van der Waals surface area contributed by atoms with Gasteiger partial charge in [-0.15, -0.1) is 0 Å². The molecule has 0 aromatic heterocycles. The zero-order valence-corrected chi connectivity index (χ0v) is 17.3. The van der Waals surface area contributed by atoms with Crippen LogP contribution in [0.2, 0.25) is 0 Å². The molecule has 1 atom stereocenters. The molecule has 0 spiro atoms. The zero-order valence-electron chi connectivity index (χ0n) is 16.4. The van der Waals surface area contributed by atoms with Crippen LogP contribution >= 0.6 is 0 Å². The fraction of sp³-hybridized carbons (Fsp3) is 0.381. The Bertz CT molecular complexity index is 887. The lowest BCUT2D eigenvalue weighted by Crippen LogP contribution is -2.42. The number of hydrogen-bond acceptors (Lipinski definition) is 5. The molecule has 2 N–H and O–H groups in total. The molecule has 0 saturated heterocycles. The van der Waals surface area contributed by atoms with E-state index in [9.17, 15) is 18.3 Å². The maximum atomic E-state index is 12.1. The van der Waals surface area contributed by atoms with E-state index >= 15 is 0 Å². The van der Waals surface area contributed by atoms with E-state index in [0.29, 0.717) is 12.8 Å². The van der Waals surface area contributed by atoms with Gasteiger partial charge in [-0.05, 0) is 48.7 Å². The third-order valence-corrected chi connectivity index (χ3v) is 5.53. The second kappa shape index (κ2) is 9.21. The van der Waals surface area contributed by atoms with Crippen LogP contribution in [0.25, 0.3) is 0 Å². The normalized spacial score (nSPS) is 13.6. The van der Waals surface area contributed by atoms with Crippen molar-refractivity contribution in [3.05, 3.63) is 59.7 Å². The van der Waals surface area contributed by atoms with Crippen LogP contribution in [0.15, 0.2) is 53.4 Å². The van der Waals surface area contributed by atoms with Crippen molar-refractivity contribution in [2.45, 2.75) is 36.7 Å². The van der Waals surface area contributed by atoms with E-state index in [4.69, 9.17) is 4.74 Å². The highest BCUT2D eigenvalue weighted by atomic mass is 32.2. The van der Waals surface area contributed by atoms with Crippen molar-refractivity contribution in [2.75, 3.05) is 19.9 Å². The van der Waals surface area contributed by atoms with Crippen molar-refractivity contribution in [1.82, 2.24) is 5.32 Å². The van der Waals surface area contributed by atoms with Crippen molar-refractivity contribution in [3.63, 3.8) is 0 Å². The number of sulfone groups is 1.